The van der Waals surface area contributed by atoms with E-state index in [-0.39, 0.29) is 11.3 Å². The van der Waals surface area contributed by atoms with Gasteiger partial charge in [-0.2, -0.15) is 0 Å². The van der Waals surface area contributed by atoms with Crippen LogP contribution in [0.4, 0.5) is 0 Å². The molecule has 1 N–H and O–H groups in total. The summed E-state index contributed by atoms with van der Waals surface area (Å²) in [5, 5.41) is 2.74. The lowest BCUT2D eigenvalue weighted by atomic mass is 10.3. The third-order valence-electron chi connectivity index (χ3n) is 1.03. The van der Waals surface area contributed by atoms with Gasteiger partial charge in [-0.15, -0.1) is 11.6 Å². The number of amides is 1. The van der Waals surface area contributed by atoms with Crippen molar-refractivity contribution in [2.24, 2.45) is 0 Å². The smallest absolute Gasteiger partial charge is 0.243 e. The van der Waals surface area contributed by atoms with Crippen molar-refractivity contribution >= 4 is 17.5 Å². The van der Waals surface area contributed by atoms with Crippen molar-refractivity contribution in [1.29, 1.82) is 0 Å². The highest BCUT2D eigenvalue weighted by molar-refractivity contribution is 6.20. The van der Waals surface area contributed by atoms with E-state index >= 15 is 0 Å². The Labute approximate surface area is 66.3 Å². The Bertz CT molecular complexity index is 123. The first kappa shape index (κ1) is 9.50. The standard InChI is InChI=1S/C7H12ClNO/c1-3-7(10)9-5-4-6(2)8/h3,6H,1,4-5H2,2H3,(H,9,10). The second-order valence-corrected chi connectivity index (χ2v) is 2.81. The summed E-state index contributed by atoms with van der Waals surface area (Å²) in [6.45, 7) is 5.82. The van der Waals surface area contributed by atoms with Crippen molar-refractivity contribution in [3.05, 3.63) is 12.7 Å². The highest BCUT2D eigenvalue weighted by Crippen LogP contribution is 1.96. The molecule has 3 heteroatoms. The van der Waals surface area contributed by atoms with Crippen LogP contribution in [-0.4, -0.2) is 17.8 Å². The maximum absolute atomic E-state index is 10.5. The molecule has 2 nitrogen and oxygen atoms in total. The zero-order valence-corrected chi connectivity index (χ0v) is 6.82. The fourth-order valence-electron chi connectivity index (χ4n) is 0.466. The summed E-state index contributed by atoms with van der Waals surface area (Å²) in [6, 6.07) is 0. The lowest BCUT2D eigenvalue weighted by molar-refractivity contribution is -0.116. The number of hydrogen-bond donors (Lipinski definition) is 1. The fourth-order valence-corrected chi connectivity index (χ4v) is 0.576. The third-order valence-corrected chi connectivity index (χ3v) is 1.24. The molecule has 0 aliphatic heterocycles. The highest BCUT2D eigenvalue weighted by Gasteiger charge is 1.96. The Morgan fingerprint density at radius 2 is 2.50 bits per heavy atom. The first-order valence-electron chi connectivity index (χ1n) is 3.21. The predicted molar refractivity (Wildman–Crippen MR) is 43.1 cm³/mol. The van der Waals surface area contributed by atoms with E-state index in [1.165, 1.54) is 6.08 Å². The summed E-state index contributed by atoms with van der Waals surface area (Å²) >= 11 is 5.63. The van der Waals surface area contributed by atoms with E-state index in [2.05, 4.69) is 11.9 Å². The minimum atomic E-state index is -0.141. The van der Waals surface area contributed by atoms with Crippen molar-refractivity contribution < 1.29 is 4.79 Å². The number of hydrogen-bond acceptors (Lipinski definition) is 1. The van der Waals surface area contributed by atoms with Gasteiger partial charge in [-0.3, -0.25) is 4.79 Å². The second-order valence-electron chi connectivity index (χ2n) is 2.06. The molecule has 0 aromatic carbocycles. The Balaban J connectivity index is 3.19. The van der Waals surface area contributed by atoms with Gasteiger partial charge < -0.3 is 5.32 Å². The van der Waals surface area contributed by atoms with Gasteiger partial charge in [-0.1, -0.05) is 6.58 Å². The van der Waals surface area contributed by atoms with Gasteiger partial charge in [-0.05, 0) is 19.4 Å². The molecule has 0 rings (SSSR count). The molecule has 0 aliphatic rings. The molecule has 0 fully saturated rings. The third kappa shape index (κ3) is 5.63. The molecular formula is C7H12ClNO. The molecule has 0 spiro atoms. The van der Waals surface area contributed by atoms with Gasteiger partial charge in [0.05, 0.1) is 0 Å². The van der Waals surface area contributed by atoms with E-state index in [0.717, 1.165) is 6.42 Å². The van der Waals surface area contributed by atoms with Crippen LogP contribution in [-0.2, 0) is 4.79 Å². The summed E-state index contributed by atoms with van der Waals surface area (Å²) in [4.78, 5) is 10.5. The van der Waals surface area contributed by atoms with Gasteiger partial charge in [-0.25, -0.2) is 0 Å². The molecule has 0 saturated carbocycles. The van der Waals surface area contributed by atoms with Crippen LogP contribution >= 0.6 is 11.6 Å². The molecule has 58 valence electrons. The van der Waals surface area contributed by atoms with Gasteiger partial charge >= 0.3 is 0 Å². The quantitative estimate of drug-likeness (QED) is 0.489. The summed E-state index contributed by atoms with van der Waals surface area (Å²) in [5.74, 6) is -0.141. The lowest BCUT2D eigenvalue weighted by Gasteiger charge is -2.02. The molecular weight excluding hydrogens is 150 g/mol. The van der Waals surface area contributed by atoms with E-state index in [4.69, 9.17) is 11.6 Å². The first-order chi connectivity index (χ1) is 4.66. The van der Waals surface area contributed by atoms with Gasteiger partial charge in [0.15, 0.2) is 0 Å². The molecule has 0 heterocycles. The van der Waals surface area contributed by atoms with E-state index in [1.54, 1.807) is 0 Å². The largest absolute Gasteiger partial charge is 0.353 e. The Kier molecular flexibility index (Phi) is 5.03. The summed E-state index contributed by atoms with van der Waals surface area (Å²) in [7, 11) is 0. The van der Waals surface area contributed by atoms with Gasteiger partial charge in [0.2, 0.25) is 5.91 Å². The number of halogens is 1. The second kappa shape index (κ2) is 5.30. The Morgan fingerprint density at radius 3 is 2.90 bits per heavy atom. The zero-order valence-electron chi connectivity index (χ0n) is 6.06. The Morgan fingerprint density at radius 1 is 1.90 bits per heavy atom. The van der Waals surface area contributed by atoms with Crippen LogP contribution < -0.4 is 5.32 Å². The van der Waals surface area contributed by atoms with Gasteiger partial charge in [0, 0.05) is 11.9 Å². The van der Waals surface area contributed by atoms with Crippen LogP contribution in [0.5, 0.6) is 0 Å². The molecule has 0 aliphatic carbocycles. The van der Waals surface area contributed by atoms with Crippen molar-refractivity contribution in [1.82, 2.24) is 5.32 Å². The van der Waals surface area contributed by atoms with Crippen LogP contribution in [0.15, 0.2) is 12.7 Å². The lowest BCUT2D eigenvalue weighted by Crippen LogP contribution is -2.23. The molecule has 10 heavy (non-hydrogen) atoms. The maximum atomic E-state index is 10.5. The van der Waals surface area contributed by atoms with Gasteiger partial charge in [0.1, 0.15) is 0 Å². The predicted octanol–water partition coefficient (Wildman–Crippen LogP) is 1.31. The molecule has 1 amide bonds. The fraction of sp³-hybridized carbons (Fsp3) is 0.571. The summed E-state index contributed by atoms with van der Waals surface area (Å²) < 4.78 is 0. The van der Waals surface area contributed by atoms with E-state index < -0.39 is 0 Å². The van der Waals surface area contributed by atoms with Gasteiger partial charge in [0.25, 0.3) is 0 Å². The summed E-state index contributed by atoms with van der Waals surface area (Å²) in [5.41, 5.74) is 0. The van der Waals surface area contributed by atoms with Crippen LogP contribution in [0.3, 0.4) is 0 Å². The van der Waals surface area contributed by atoms with Crippen molar-refractivity contribution in [2.45, 2.75) is 18.7 Å². The molecule has 0 aromatic rings. The maximum Gasteiger partial charge on any atom is 0.243 e. The average Bonchev–Trinajstić information content (AvgIpc) is 1.87. The van der Waals surface area contributed by atoms with Crippen molar-refractivity contribution in [3.8, 4) is 0 Å². The number of alkyl halides is 1. The SMILES string of the molecule is C=CC(=O)NCCC(C)Cl. The topological polar surface area (TPSA) is 29.1 Å². The van der Waals surface area contributed by atoms with Crippen LogP contribution in [0, 0.1) is 0 Å². The van der Waals surface area contributed by atoms with Crippen molar-refractivity contribution in [3.63, 3.8) is 0 Å². The molecule has 0 saturated heterocycles. The van der Waals surface area contributed by atoms with E-state index in [9.17, 15) is 4.79 Å². The number of nitrogens with one attached hydrogen (secondary N) is 1. The number of rotatable bonds is 4. The van der Waals surface area contributed by atoms with Crippen LogP contribution in [0.2, 0.25) is 0 Å². The zero-order chi connectivity index (χ0) is 7.98. The monoisotopic (exact) mass is 161 g/mol. The molecule has 0 radical (unpaired) electrons. The number of carbonyl (C=O) groups is 1. The van der Waals surface area contributed by atoms with E-state index in [0.29, 0.717) is 6.54 Å². The Hall–Kier alpha value is -0.500. The molecule has 0 aromatic heterocycles. The van der Waals surface area contributed by atoms with Crippen molar-refractivity contribution in [2.75, 3.05) is 6.54 Å². The molecule has 1 atom stereocenters. The minimum Gasteiger partial charge on any atom is -0.353 e. The first-order valence-corrected chi connectivity index (χ1v) is 3.64. The highest BCUT2D eigenvalue weighted by atomic mass is 35.5. The van der Waals surface area contributed by atoms with Crippen LogP contribution in [0.25, 0.3) is 0 Å². The number of carbonyl (C=O) groups excluding carboxylic acids is 1. The normalized spacial score (nSPS) is 12.2. The molecule has 1 unspecified atom stereocenters. The minimum absolute atomic E-state index is 0.116. The average molecular weight is 162 g/mol. The summed E-state index contributed by atoms with van der Waals surface area (Å²) in [6.07, 6.45) is 2.04. The molecule has 0 bridgehead atoms. The van der Waals surface area contributed by atoms with E-state index in [1.807, 2.05) is 6.92 Å². The van der Waals surface area contributed by atoms with Crippen LogP contribution in [0.1, 0.15) is 13.3 Å².